The van der Waals surface area contributed by atoms with E-state index in [2.05, 4.69) is 4.99 Å². The molecule has 0 bridgehead atoms. The van der Waals surface area contributed by atoms with Crippen LogP contribution in [-0.4, -0.2) is 23.4 Å². The minimum Gasteiger partial charge on any atom is -0.504 e. The van der Waals surface area contributed by atoms with Gasteiger partial charge < -0.3 is 9.84 Å². The summed E-state index contributed by atoms with van der Waals surface area (Å²) < 4.78 is 4.98. The molecule has 108 valence electrons. The van der Waals surface area contributed by atoms with Gasteiger partial charge in [-0.1, -0.05) is 17.7 Å². The van der Waals surface area contributed by atoms with Crippen LogP contribution in [0.2, 0.25) is 5.02 Å². The van der Waals surface area contributed by atoms with Crippen LogP contribution in [0.4, 0.5) is 11.4 Å². The second kappa shape index (κ2) is 6.23. The summed E-state index contributed by atoms with van der Waals surface area (Å²) >= 11 is 5.94. The van der Waals surface area contributed by atoms with Crippen LogP contribution in [0.15, 0.2) is 41.4 Å². The van der Waals surface area contributed by atoms with E-state index in [-0.39, 0.29) is 22.1 Å². The van der Waals surface area contributed by atoms with Crippen molar-refractivity contribution in [3.05, 3.63) is 57.1 Å². The Labute approximate surface area is 125 Å². The van der Waals surface area contributed by atoms with Crippen molar-refractivity contribution < 1.29 is 14.8 Å². The molecule has 0 aliphatic heterocycles. The number of nitrogens with zero attached hydrogens (tertiary/aromatic N) is 2. The van der Waals surface area contributed by atoms with Gasteiger partial charge in [-0.15, -0.1) is 0 Å². The fraction of sp³-hybridized carbons (Fsp3) is 0.0714. The fourth-order valence-electron chi connectivity index (χ4n) is 1.66. The molecular weight excluding hydrogens is 296 g/mol. The maximum absolute atomic E-state index is 10.7. The summed E-state index contributed by atoms with van der Waals surface area (Å²) in [6, 6.07) is 8.88. The summed E-state index contributed by atoms with van der Waals surface area (Å²) in [5.74, 6) is 0.245. The molecule has 21 heavy (non-hydrogen) atoms. The number of aliphatic imine (C=N–C) groups is 1. The number of phenolic OH excluding ortho intramolecular Hbond substituents is 1. The molecule has 2 rings (SSSR count). The molecule has 0 heterocycles. The third kappa shape index (κ3) is 3.29. The van der Waals surface area contributed by atoms with E-state index in [4.69, 9.17) is 16.3 Å². The summed E-state index contributed by atoms with van der Waals surface area (Å²) in [7, 11) is 1.44. The zero-order valence-electron chi connectivity index (χ0n) is 11.0. The molecule has 0 aromatic heterocycles. The first-order chi connectivity index (χ1) is 10.0. The molecule has 0 aliphatic rings. The molecule has 0 aliphatic carbocycles. The minimum atomic E-state index is -0.529. The number of benzene rings is 2. The van der Waals surface area contributed by atoms with Gasteiger partial charge in [-0.25, -0.2) is 0 Å². The number of halogens is 1. The van der Waals surface area contributed by atoms with Crippen molar-refractivity contribution in [1.29, 1.82) is 0 Å². The Bertz CT molecular complexity index is 716. The third-order valence-corrected chi connectivity index (χ3v) is 3.05. The molecule has 0 radical (unpaired) electrons. The summed E-state index contributed by atoms with van der Waals surface area (Å²) in [6.07, 6.45) is 1.36. The van der Waals surface area contributed by atoms with Gasteiger partial charge in [0, 0.05) is 23.9 Å². The zero-order valence-corrected chi connectivity index (χ0v) is 11.7. The lowest BCUT2D eigenvalue weighted by Crippen LogP contribution is -1.89. The normalized spacial score (nSPS) is 10.8. The predicted molar refractivity (Wildman–Crippen MR) is 80.0 cm³/mol. The van der Waals surface area contributed by atoms with Crippen molar-refractivity contribution in [2.45, 2.75) is 0 Å². The molecule has 0 amide bonds. The van der Waals surface area contributed by atoms with Gasteiger partial charge in [0.1, 0.15) is 0 Å². The number of hydrogen-bond donors (Lipinski definition) is 1. The van der Waals surface area contributed by atoms with E-state index in [0.717, 1.165) is 0 Å². The highest BCUT2D eigenvalue weighted by Gasteiger charge is 2.09. The van der Waals surface area contributed by atoms with Crippen LogP contribution >= 0.6 is 11.6 Å². The van der Waals surface area contributed by atoms with Gasteiger partial charge in [-0.3, -0.25) is 15.1 Å². The first-order valence-electron chi connectivity index (χ1n) is 5.87. The molecule has 0 unspecified atom stereocenters. The van der Waals surface area contributed by atoms with Crippen molar-refractivity contribution in [3.8, 4) is 11.5 Å². The van der Waals surface area contributed by atoms with E-state index in [1.54, 1.807) is 18.2 Å². The Morgan fingerprint density at radius 1 is 1.38 bits per heavy atom. The molecule has 0 saturated heterocycles. The highest BCUT2D eigenvalue weighted by Crippen LogP contribution is 2.31. The van der Waals surface area contributed by atoms with Crippen LogP contribution in [0, 0.1) is 10.1 Å². The molecule has 0 spiro atoms. The maximum Gasteiger partial charge on any atom is 0.271 e. The number of rotatable bonds is 4. The minimum absolute atomic E-state index is 0.0645. The molecule has 2 aromatic carbocycles. The number of phenols is 1. The summed E-state index contributed by atoms with van der Waals surface area (Å²) in [5, 5.41) is 20.9. The van der Waals surface area contributed by atoms with E-state index in [0.29, 0.717) is 11.3 Å². The Balaban J connectivity index is 2.38. The summed E-state index contributed by atoms with van der Waals surface area (Å²) in [6.45, 7) is 0. The van der Waals surface area contributed by atoms with E-state index in [1.807, 2.05) is 0 Å². The molecule has 1 N–H and O–H groups in total. The number of nitro groups is 1. The number of hydrogen-bond acceptors (Lipinski definition) is 5. The largest absolute Gasteiger partial charge is 0.504 e. The first-order valence-corrected chi connectivity index (χ1v) is 6.24. The topological polar surface area (TPSA) is 85.0 Å². The van der Waals surface area contributed by atoms with E-state index in [1.165, 1.54) is 31.5 Å². The molecule has 6 nitrogen and oxygen atoms in total. The van der Waals surface area contributed by atoms with Crippen molar-refractivity contribution in [3.63, 3.8) is 0 Å². The quantitative estimate of drug-likeness (QED) is 0.530. The number of non-ortho nitro benzene ring substituents is 1. The van der Waals surface area contributed by atoms with Crippen molar-refractivity contribution >= 4 is 29.2 Å². The summed E-state index contributed by atoms with van der Waals surface area (Å²) in [4.78, 5) is 14.3. The Morgan fingerprint density at radius 3 is 2.81 bits per heavy atom. The van der Waals surface area contributed by atoms with Gasteiger partial charge in [0.2, 0.25) is 0 Å². The lowest BCUT2D eigenvalue weighted by atomic mass is 10.2. The highest BCUT2D eigenvalue weighted by atomic mass is 35.5. The van der Waals surface area contributed by atoms with E-state index >= 15 is 0 Å². The van der Waals surface area contributed by atoms with Crippen molar-refractivity contribution in [2.75, 3.05) is 7.11 Å². The number of para-hydroxylation sites is 1. The first kappa shape index (κ1) is 14.8. The van der Waals surface area contributed by atoms with Gasteiger partial charge in [-0.05, 0) is 18.2 Å². The maximum atomic E-state index is 10.7. The van der Waals surface area contributed by atoms with Crippen molar-refractivity contribution in [1.82, 2.24) is 0 Å². The third-order valence-electron chi connectivity index (χ3n) is 2.73. The van der Waals surface area contributed by atoms with Crippen LogP contribution < -0.4 is 4.74 Å². The Kier molecular flexibility index (Phi) is 4.39. The van der Waals surface area contributed by atoms with Gasteiger partial charge in [0.05, 0.1) is 22.7 Å². The smallest absolute Gasteiger partial charge is 0.271 e. The molecule has 2 aromatic rings. The monoisotopic (exact) mass is 306 g/mol. The lowest BCUT2D eigenvalue weighted by molar-refractivity contribution is -0.384. The van der Waals surface area contributed by atoms with Gasteiger partial charge >= 0.3 is 0 Å². The number of nitro benzene ring substituents is 1. The molecule has 0 saturated carbocycles. The molecule has 0 atom stereocenters. The number of methoxy groups -OCH3 is 1. The number of ether oxygens (including phenoxy) is 1. The van der Waals surface area contributed by atoms with Crippen LogP contribution in [0.25, 0.3) is 0 Å². The summed E-state index contributed by atoms with van der Waals surface area (Å²) in [5.41, 5.74) is 0.548. The van der Waals surface area contributed by atoms with E-state index < -0.39 is 4.92 Å². The van der Waals surface area contributed by atoms with Gasteiger partial charge in [0.25, 0.3) is 5.69 Å². The van der Waals surface area contributed by atoms with Crippen LogP contribution in [-0.2, 0) is 0 Å². The van der Waals surface area contributed by atoms with Gasteiger partial charge in [-0.2, -0.15) is 0 Å². The Hall–Kier alpha value is -2.60. The lowest BCUT2D eigenvalue weighted by Gasteiger charge is -2.05. The molecule has 7 heteroatoms. The van der Waals surface area contributed by atoms with Crippen molar-refractivity contribution in [2.24, 2.45) is 4.99 Å². The SMILES string of the molecule is COc1cccc(C=Nc2cc([N+](=O)[O-])ccc2Cl)c1O. The predicted octanol–water partition coefficient (Wildman–Crippen LogP) is 3.71. The van der Waals surface area contributed by atoms with Crippen LogP contribution in [0.5, 0.6) is 11.5 Å². The molecule has 0 fully saturated rings. The van der Waals surface area contributed by atoms with Gasteiger partial charge in [0.15, 0.2) is 11.5 Å². The second-order valence-electron chi connectivity index (χ2n) is 4.05. The van der Waals surface area contributed by atoms with Crippen LogP contribution in [0.3, 0.4) is 0 Å². The Morgan fingerprint density at radius 2 is 2.14 bits per heavy atom. The number of aromatic hydroxyl groups is 1. The van der Waals surface area contributed by atoms with E-state index in [9.17, 15) is 15.2 Å². The second-order valence-corrected chi connectivity index (χ2v) is 4.46. The average molecular weight is 307 g/mol. The fourth-order valence-corrected chi connectivity index (χ4v) is 1.83. The average Bonchev–Trinajstić information content (AvgIpc) is 2.47. The molecular formula is C14H11ClN2O4. The zero-order chi connectivity index (χ0) is 15.4. The highest BCUT2D eigenvalue weighted by molar-refractivity contribution is 6.33. The standard InChI is InChI=1S/C14H11ClN2O4/c1-21-13-4-2-3-9(14(13)18)8-16-12-7-10(17(19)20)5-6-11(12)15/h2-8,18H,1H3. The van der Waals surface area contributed by atoms with Crippen LogP contribution in [0.1, 0.15) is 5.56 Å².